The summed E-state index contributed by atoms with van der Waals surface area (Å²) < 4.78 is 0. The second kappa shape index (κ2) is 5.94. The van der Waals surface area contributed by atoms with Crippen LogP contribution in [0.15, 0.2) is 24.3 Å². The number of hydrogen-bond acceptors (Lipinski definition) is 3. The second-order valence-corrected chi connectivity index (χ2v) is 5.39. The fourth-order valence-electron chi connectivity index (χ4n) is 2.86. The van der Waals surface area contributed by atoms with Crippen molar-refractivity contribution in [2.45, 2.75) is 26.2 Å². The fraction of sp³-hybridized carbons (Fsp3) is 0.467. The first-order valence-electron chi connectivity index (χ1n) is 6.88. The molecule has 5 nitrogen and oxygen atoms in total. The molecule has 1 saturated carbocycles. The molecule has 0 saturated heterocycles. The lowest BCUT2D eigenvalue weighted by molar-refractivity contribution is -0.137. The minimum atomic E-state index is -1.03. The van der Waals surface area contributed by atoms with Gasteiger partial charge in [0.05, 0.1) is 11.4 Å². The first-order valence-corrected chi connectivity index (χ1v) is 6.88. The number of nitrogens with zero attached hydrogens (tertiary/aromatic N) is 1. The molecule has 1 aliphatic carbocycles. The number of aliphatic carboxylic acids is 1. The van der Waals surface area contributed by atoms with Gasteiger partial charge in [0.15, 0.2) is 0 Å². The van der Waals surface area contributed by atoms with Crippen LogP contribution in [0.4, 0.5) is 11.4 Å². The Labute approximate surface area is 118 Å². The number of anilines is 2. The molecule has 1 aromatic rings. The molecule has 2 atom stereocenters. The van der Waals surface area contributed by atoms with Crippen LogP contribution in [0.25, 0.3) is 0 Å². The number of benzene rings is 1. The van der Waals surface area contributed by atoms with Crippen LogP contribution in [-0.2, 0) is 9.59 Å². The van der Waals surface area contributed by atoms with Crippen molar-refractivity contribution in [2.75, 3.05) is 17.2 Å². The topological polar surface area (TPSA) is 83.6 Å². The van der Waals surface area contributed by atoms with Crippen LogP contribution < -0.4 is 10.6 Å². The molecule has 0 aliphatic heterocycles. The summed E-state index contributed by atoms with van der Waals surface area (Å²) in [5, 5.41) is 9.06. The van der Waals surface area contributed by atoms with Gasteiger partial charge in [0.2, 0.25) is 5.91 Å². The third-order valence-corrected chi connectivity index (χ3v) is 3.97. The highest BCUT2D eigenvalue weighted by molar-refractivity contribution is 6.01. The van der Waals surface area contributed by atoms with E-state index in [0.717, 1.165) is 19.3 Å². The van der Waals surface area contributed by atoms with Gasteiger partial charge in [-0.05, 0) is 30.9 Å². The molecular weight excluding hydrogens is 256 g/mol. The summed E-state index contributed by atoms with van der Waals surface area (Å²) in [7, 11) is 0. The maximum Gasteiger partial charge on any atom is 0.323 e. The van der Waals surface area contributed by atoms with E-state index in [0.29, 0.717) is 17.3 Å². The number of rotatable bonds is 4. The van der Waals surface area contributed by atoms with E-state index in [1.807, 2.05) is 6.92 Å². The smallest absolute Gasteiger partial charge is 0.323 e. The van der Waals surface area contributed by atoms with E-state index >= 15 is 0 Å². The lowest BCUT2D eigenvalue weighted by Gasteiger charge is -2.27. The number of carboxylic acids is 1. The number of amides is 1. The summed E-state index contributed by atoms with van der Waals surface area (Å²) >= 11 is 0. The Morgan fingerprint density at radius 2 is 2.05 bits per heavy atom. The molecule has 0 bridgehead atoms. The van der Waals surface area contributed by atoms with Crippen LogP contribution >= 0.6 is 0 Å². The molecule has 2 unspecified atom stereocenters. The van der Waals surface area contributed by atoms with E-state index < -0.39 is 5.97 Å². The summed E-state index contributed by atoms with van der Waals surface area (Å²) in [4.78, 5) is 25.0. The summed E-state index contributed by atoms with van der Waals surface area (Å²) in [6.07, 6.45) is 2.85. The predicted molar refractivity (Wildman–Crippen MR) is 77.3 cm³/mol. The van der Waals surface area contributed by atoms with Gasteiger partial charge in [-0.2, -0.15) is 0 Å². The van der Waals surface area contributed by atoms with Gasteiger partial charge >= 0.3 is 5.97 Å². The molecule has 5 heteroatoms. The van der Waals surface area contributed by atoms with E-state index in [-0.39, 0.29) is 18.4 Å². The number of nitrogens with two attached hydrogens (primary N) is 1. The molecule has 0 heterocycles. The van der Waals surface area contributed by atoms with E-state index in [2.05, 4.69) is 0 Å². The average molecular weight is 276 g/mol. The van der Waals surface area contributed by atoms with Gasteiger partial charge in [-0.15, -0.1) is 0 Å². The molecular formula is C15H20N2O3. The highest BCUT2D eigenvalue weighted by Crippen LogP contribution is 2.34. The minimum absolute atomic E-state index is 0.103. The van der Waals surface area contributed by atoms with Crippen LogP contribution in [0.1, 0.15) is 26.2 Å². The number of para-hydroxylation sites is 2. The predicted octanol–water partition coefficient (Wildman–Crippen LogP) is 2.12. The van der Waals surface area contributed by atoms with Crippen LogP contribution in [0.5, 0.6) is 0 Å². The van der Waals surface area contributed by atoms with Crippen molar-refractivity contribution in [1.29, 1.82) is 0 Å². The van der Waals surface area contributed by atoms with Crippen LogP contribution in [-0.4, -0.2) is 23.5 Å². The molecule has 2 rings (SSSR count). The standard InChI is InChI=1S/C15H20N2O3/c1-10-5-4-6-11(10)15(20)17(9-14(18)19)13-8-3-2-7-12(13)16/h2-3,7-8,10-11H,4-6,9,16H2,1H3,(H,18,19). The first kappa shape index (κ1) is 14.4. The number of nitrogen functional groups attached to an aromatic ring is 1. The monoisotopic (exact) mass is 276 g/mol. The molecule has 0 aromatic heterocycles. The van der Waals surface area contributed by atoms with Crippen molar-refractivity contribution in [1.82, 2.24) is 0 Å². The zero-order valence-corrected chi connectivity index (χ0v) is 11.6. The Balaban J connectivity index is 2.30. The molecule has 1 aromatic carbocycles. The summed E-state index contributed by atoms with van der Waals surface area (Å²) in [5.74, 6) is -0.972. The third kappa shape index (κ3) is 2.92. The van der Waals surface area contributed by atoms with Gasteiger partial charge in [-0.3, -0.25) is 14.5 Å². The van der Waals surface area contributed by atoms with E-state index in [1.54, 1.807) is 24.3 Å². The minimum Gasteiger partial charge on any atom is -0.480 e. The Kier molecular flexibility index (Phi) is 4.27. The SMILES string of the molecule is CC1CCCC1C(=O)N(CC(=O)O)c1ccccc1N. The molecule has 1 amide bonds. The van der Waals surface area contributed by atoms with Crippen LogP contribution in [0.3, 0.4) is 0 Å². The highest BCUT2D eigenvalue weighted by Gasteiger charge is 2.34. The lowest BCUT2D eigenvalue weighted by atomic mass is 9.96. The second-order valence-electron chi connectivity index (χ2n) is 5.39. The van der Waals surface area contributed by atoms with Crippen molar-refractivity contribution in [3.63, 3.8) is 0 Å². The van der Waals surface area contributed by atoms with Gasteiger partial charge in [0.25, 0.3) is 0 Å². The van der Waals surface area contributed by atoms with Crippen molar-refractivity contribution in [3.8, 4) is 0 Å². The number of carbonyl (C=O) groups is 2. The van der Waals surface area contributed by atoms with Crippen molar-refractivity contribution in [2.24, 2.45) is 11.8 Å². The van der Waals surface area contributed by atoms with Crippen molar-refractivity contribution < 1.29 is 14.7 Å². The quantitative estimate of drug-likeness (QED) is 0.825. The molecule has 108 valence electrons. The van der Waals surface area contributed by atoms with E-state index in [4.69, 9.17) is 10.8 Å². The van der Waals surface area contributed by atoms with Gasteiger partial charge in [-0.25, -0.2) is 0 Å². The summed E-state index contributed by atoms with van der Waals surface area (Å²) in [6.45, 7) is 1.69. The Morgan fingerprint density at radius 3 is 2.60 bits per heavy atom. The van der Waals surface area contributed by atoms with Crippen LogP contribution in [0.2, 0.25) is 0 Å². The van der Waals surface area contributed by atoms with Crippen molar-refractivity contribution in [3.05, 3.63) is 24.3 Å². The zero-order chi connectivity index (χ0) is 14.7. The highest BCUT2D eigenvalue weighted by atomic mass is 16.4. The fourth-order valence-corrected chi connectivity index (χ4v) is 2.86. The molecule has 1 aliphatic rings. The van der Waals surface area contributed by atoms with Gasteiger partial charge in [0.1, 0.15) is 6.54 Å². The molecule has 3 N–H and O–H groups in total. The lowest BCUT2D eigenvalue weighted by Crippen LogP contribution is -2.41. The number of carboxylic acid groups (broad SMARTS) is 1. The third-order valence-electron chi connectivity index (χ3n) is 3.97. The molecule has 0 radical (unpaired) electrons. The average Bonchev–Trinajstić information content (AvgIpc) is 2.82. The summed E-state index contributed by atoms with van der Waals surface area (Å²) in [6, 6.07) is 6.89. The van der Waals surface area contributed by atoms with Crippen LogP contribution in [0, 0.1) is 11.8 Å². The first-order chi connectivity index (χ1) is 9.50. The maximum atomic E-state index is 12.7. The molecule has 0 spiro atoms. The van der Waals surface area contributed by atoms with Crippen molar-refractivity contribution >= 4 is 23.3 Å². The molecule has 1 fully saturated rings. The zero-order valence-electron chi connectivity index (χ0n) is 11.6. The van der Waals surface area contributed by atoms with E-state index in [1.165, 1.54) is 4.90 Å². The normalized spacial score (nSPS) is 21.6. The maximum absolute atomic E-state index is 12.7. The Morgan fingerprint density at radius 1 is 1.35 bits per heavy atom. The Bertz CT molecular complexity index is 516. The van der Waals surface area contributed by atoms with Gasteiger partial charge in [-0.1, -0.05) is 25.5 Å². The molecule has 20 heavy (non-hydrogen) atoms. The summed E-state index contributed by atoms with van der Waals surface area (Å²) in [5.41, 5.74) is 6.79. The number of hydrogen-bond donors (Lipinski definition) is 2. The van der Waals surface area contributed by atoms with Gasteiger partial charge in [0, 0.05) is 5.92 Å². The largest absolute Gasteiger partial charge is 0.480 e. The van der Waals surface area contributed by atoms with Gasteiger partial charge < -0.3 is 10.8 Å². The van der Waals surface area contributed by atoms with E-state index in [9.17, 15) is 9.59 Å². The number of carbonyl (C=O) groups excluding carboxylic acids is 1. The Hall–Kier alpha value is -2.04.